The Kier molecular flexibility index (Phi) is 5.77. The lowest BCUT2D eigenvalue weighted by atomic mass is 10.00. The third-order valence-electron chi connectivity index (χ3n) is 3.93. The molecule has 1 fully saturated rings. The lowest BCUT2D eigenvalue weighted by Crippen LogP contribution is -2.31. The summed E-state index contributed by atoms with van der Waals surface area (Å²) in [4.78, 5) is 22.7. The molecule has 0 unspecified atom stereocenters. The number of hydrogen-bond donors (Lipinski definition) is 3. The maximum atomic E-state index is 12.0. The summed E-state index contributed by atoms with van der Waals surface area (Å²) in [5, 5.41) is 2.90. The van der Waals surface area contributed by atoms with Crippen LogP contribution in [0.2, 0.25) is 0 Å². The number of rotatable bonds is 7. The summed E-state index contributed by atoms with van der Waals surface area (Å²) in [6.45, 7) is 0.268. The molecule has 0 saturated heterocycles. The molecule has 6 heteroatoms. The highest BCUT2D eigenvalue weighted by molar-refractivity contribution is 5.76. The maximum absolute atomic E-state index is 12.0. The Bertz CT molecular complexity index is 533. The minimum Gasteiger partial charge on any atom is -0.484 e. The molecule has 1 aliphatic carbocycles. The molecule has 1 saturated carbocycles. The average Bonchev–Trinajstić information content (AvgIpc) is 2.89. The number of amides is 2. The van der Waals surface area contributed by atoms with E-state index < -0.39 is 5.91 Å². The predicted octanol–water partition coefficient (Wildman–Crippen LogP) is 0.684. The van der Waals surface area contributed by atoms with Crippen LogP contribution in [0.5, 0.6) is 5.75 Å². The van der Waals surface area contributed by atoms with E-state index in [-0.39, 0.29) is 18.6 Å². The van der Waals surface area contributed by atoms with Gasteiger partial charge in [-0.05, 0) is 36.5 Å². The number of benzene rings is 1. The zero-order chi connectivity index (χ0) is 15.9. The summed E-state index contributed by atoms with van der Waals surface area (Å²) in [5.74, 6) is 0.353. The van der Waals surface area contributed by atoms with E-state index in [2.05, 4.69) is 5.32 Å². The molecule has 120 valence electrons. The third kappa shape index (κ3) is 5.04. The Morgan fingerprint density at radius 1 is 1.32 bits per heavy atom. The highest BCUT2D eigenvalue weighted by Gasteiger charge is 2.25. The number of primary amides is 1. The Labute approximate surface area is 130 Å². The molecule has 0 spiro atoms. The molecule has 1 aliphatic rings. The van der Waals surface area contributed by atoms with E-state index in [9.17, 15) is 9.59 Å². The second-order valence-electron chi connectivity index (χ2n) is 5.74. The van der Waals surface area contributed by atoms with Gasteiger partial charge in [0.25, 0.3) is 5.91 Å². The smallest absolute Gasteiger partial charge is 0.255 e. The summed E-state index contributed by atoms with van der Waals surface area (Å²) in [6, 6.07) is 7.37. The number of hydrogen-bond acceptors (Lipinski definition) is 4. The second kappa shape index (κ2) is 7.79. The molecule has 2 amide bonds. The van der Waals surface area contributed by atoms with Gasteiger partial charge in [0.1, 0.15) is 5.75 Å². The van der Waals surface area contributed by atoms with Gasteiger partial charge in [-0.3, -0.25) is 9.59 Å². The van der Waals surface area contributed by atoms with Gasteiger partial charge in [0.2, 0.25) is 5.91 Å². The first-order valence-corrected chi connectivity index (χ1v) is 7.57. The van der Waals surface area contributed by atoms with Gasteiger partial charge in [-0.15, -0.1) is 0 Å². The van der Waals surface area contributed by atoms with Gasteiger partial charge in [-0.25, -0.2) is 0 Å². The monoisotopic (exact) mass is 305 g/mol. The fourth-order valence-electron chi connectivity index (χ4n) is 2.73. The molecular weight excluding hydrogens is 282 g/mol. The topological polar surface area (TPSA) is 107 Å². The van der Waals surface area contributed by atoms with Crippen molar-refractivity contribution in [2.75, 3.05) is 6.61 Å². The molecule has 22 heavy (non-hydrogen) atoms. The second-order valence-corrected chi connectivity index (χ2v) is 5.74. The first-order valence-electron chi connectivity index (χ1n) is 7.57. The van der Waals surface area contributed by atoms with Crippen molar-refractivity contribution in [3.05, 3.63) is 29.8 Å². The van der Waals surface area contributed by atoms with Crippen molar-refractivity contribution in [2.24, 2.45) is 17.4 Å². The van der Waals surface area contributed by atoms with Crippen LogP contribution in [0.15, 0.2) is 24.3 Å². The highest BCUT2D eigenvalue weighted by atomic mass is 16.5. The summed E-state index contributed by atoms with van der Waals surface area (Å²) in [7, 11) is 0. The van der Waals surface area contributed by atoms with Crippen molar-refractivity contribution in [3.63, 3.8) is 0 Å². The fourth-order valence-corrected chi connectivity index (χ4v) is 2.73. The zero-order valence-electron chi connectivity index (χ0n) is 12.6. The minimum absolute atomic E-state index is 0.0193. The van der Waals surface area contributed by atoms with Gasteiger partial charge < -0.3 is 21.5 Å². The third-order valence-corrected chi connectivity index (χ3v) is 3.93. The number of nitrogens with two attached hydrogens (primary N) is 2. The van der Waals surface area contributed by atoms with Gasteiger partial charge in [-0.1, -0.05) is 18.6 Å². The SMILES string of the molecule is NC(=O)COc1cccc(CNC(=O)C[C@@H]2CCC[C@H]2N)c1. The maximum Gasteiger partial charge on any atom is 0.255 e. The summed E-state index contributed by atoms with van der Waals surface area (Å²) >= 11 is 0. The van der Waals surface area contributed by atoms with E-state index in [4.69, 9.17) is 16.2 Å². The van der Waals surface area contributed by atoms with Gasteiger partial charge in [0.05, 0.1) is 0 Å². The van der Waals surface area contributed by atoms with Crippen molar-refractivity contribution >= 4 is 11.8 Å². The summed E-state index contributed by atoms with van der Waals surface area (Å²) in [6.07, 6.45) is 3.64. The normalized spacial score (nSPS) is 20.6. The van der Waals surface area contributed by atoms with Crippen LogP contribution in [0.4, 0.5) is 0 Å². The number of carbonyl (C=O) groups is 2. The molecule has 2 atom stereocenters. The van der Waals surface area contributed by atoms with Crippen LogP contribution in [-0.2, 0) is 16.1 Å². The number of carbonyl (C=O) groups excluding carboxylic acids is 2. The van der Waals surface area contributed by atoms with Crippen molar-refractivity contribution in [2.45, 2.75) is 38.3 Å². The zero-order valence-corrected chi connectivity index (χ0v) is 12.6. The van der Waals surface area contributed by atoms with Crippen LogP contribution < -0.4 is 21.5 Å². The molecule has 1 aromatic carbocycles. The predicted molar refractivity (Wildman–Crippen MR) is 82.9 cm³/mol. The van der Waals surface area contributed by atoms with Crippen LogP contribution >= 0.6 is 0 Å². The number of nitrogens with one attached hydrogen (secondary N) is 1. The molecular formula is C16H23N3O3. The number of ether oxygens (including phenoxy) is 1. The van der Waals surface area contributed by atoms with Gasteiger partial charge in [0.15, 0.2) is 6.61 Å². The summed E-state index contributed by atoms with van der Waals surface area (Å²) in [5.41, 5.74) is 11.9. The van der Waals surface area contributed by atoms with Crippen LogP contribution in [0.3, 0.4) is 0 Å². The molecule has 0 aliphatic heterocycles. The Morgan fingerprint density at radius 3 is 2.82 bits per heavy atom. The highest BCUT2D eigenvalue weighted by Crippen LogP contribution is 2.26. The van der Waals surface area contributed by atoms with E-state index in [0.29, 0.717) is 24.6 Å². The van der Waals surface area contributed by atoms with Crippen molar-refractivity contribution < 1.29 is 14.3 Å². The largest absolute Gasteiger partial charge is 0.484 e. The first-order chi connectivity index (χ1) is 10.5. The Hall–Kier alpha value is -2.08. The average molecular weight is 305 g/mol. The fraction of sp³-hybridized carbons (Fsp3) is 0.500. The van der Waals surface area contributed by atoms with Crippen LogP contribution in [0.1, 0.15) is 31.2 Å². The van der Waals surface area contributed by atoms with Crippen molar-refractivity contribution in [1.29, 1.82) is 0 Å². The molecule has 2 rings (SSSR count). The quantitative estimate of drug-likeness (QED) is 0.688. The van der Waals surface area contributed by atoms with Crippen molar-refractivity contribution in [3.8, 4) is 5.75 Å². The van der Waals surface area contributed by atoms with E-state index in [1.807, 2.05) is 12.1 Å². The molecule has 0 bridgehead atoms. The lowest BCUT2D eigenvalue weighted by Gasteiger charge is -2.15. The van der Waals surface area contributed by atoms with Crippen LogP contribution in [0.25, 0.3) is 0 Å². The molecule has 5 N–H and O–H groups in total. The Balaban J connectivity index is 1.79. The Morgan fingerprint density at radius 2 is 2.14 bits per heavy atom. The minimum atomic E-state index is -0.522. The molecule has 0 radical (unpaired) electrons. The molecule has 1 aromatic rings. The molecule has 6 nitrogen and oxygen atoms in total. The standard InChI is InChI=1S/C16H23N3O3/c17-14-6-2-4-12(14)8-16(21)19-9-11-3-1-5-13(7-11)22-10-15(18)20/h1,3,5,7,12,14H,2,4,6,8-10,17H2,(H2,18,20)(H,19,21)/t12-,14+/m0/s1. The van der Waals surface area contributed by atoms with E-state index in [1.54, 1.807) is 12.1 Å². The lowest BCUT2D eigenvalue weighted by molar-refractivity contribution is -0.122. The van der Waals surface area contributed by atoms with E-state index in [0.717, 1.165) is 24.8 Å². The van der Waals surface area contributed by atoms with E-state index >= 15 is 0 Å². The van der Waals surface area contributed by atoms with E-state index in [1.165, 1.54) is 0 Å². The van der Waals surface area contributed by atoms with Gasteiger partial charge in [0, 0.05) is 19.0 Å². The molecule has 0 heterocycles. The summed E-state index contributed by atoms with van der Waals surface area (Å²) < 4.78 is 5.23. The van der Waals surface area contributed by atoms with Gasteiger partial charge >= 0.3 is 0 Å². The van der Waals surface area contributed by atoms with Crippen LogP contribution in [-0.4, -0.2) is 24.5 Å². The molecule has 0 aromatic heterocycles. The van der Waals surface area contributed by atoms with Gasteiger partial charge in [-0.2, -0.15) is 0 Å². The van der Waals surface area contributed by atoms with Crippen molar-refractivity contribution in [1.82, 2.24) is 5.32 Å². The van der Waals surface area contributed by atoms with Crippen LogP contribution in [0, 0.1) is 5.92 Å². The first kappa shape index (κ1) is 16.3.